The molecule has 0 fully saturated rings. The van der Waals surface area contributed by atoms with Crippen LogP contribution in [0.15, 0.2) is 18.2 Å². The van der Waals surface area contributed by atoms with Crippen LogP contribution in [0, 0.1) is 18.6 Å². The molecule has 0 spiro atoms. The van der Waals surface area contributed by atoms with E-state index in [1.54, 1.807) is 6.92 Å². The maximum absolute atomic E-state index is 14.0. The van der Waals surface area contributed by atoms with Crippen molar-refractivity contribution < 1.29 is 8.78 Å². The van der Waals surface area contributed by atoms with E-state index in [9.17, 15) is 8.78 Å². The summed E-state index contributed by atoms with van der Waals surface area (Å²) in [6, 6.07) is 2.93. The maximum atomic E-state index is 14.0. The number of halogens is 2. The number of tetrazole rings is 1. The van der Waals surface area contributed by atoms with E-state index in [0.717, 1.165) is 12.1 Å². The van der Waals surface area contributed by atoms with Gasteiger partial charge in [0, 0.05) is 5.56 Å². The zero-order chi connectivity index (χ0) is 14.7. The van der Waals surface area contributed by atoms with Crippen LogP contribution < -0.4 is 0 Å². The summed E-state index contributed by atoms with van der Waals surface area (Å²) >= 11 is 0. The Hall–Kier alpha value is -1.89. The lowest BCUT2D eigenvalue weighted by Gasteiger charge is -2.19. The first-order valence-electron chi connectivity index (χ1n) is 6.33. The lowest BCUT2D eigenvalue weighted by Crippen LogP contribution is -2.22. The van der Waals surface area contributed by atoms with Crippen LogP contribution in [0.2, 0.25) is 0 Å². The quantitative estimate of drug-likeness (QED) is 0.838. The molecule has 1 atom stereocenters. The van der Waals surface area contributed by atoms with E-state index >= 15 is 0 Å². The Bertz CT molecular complexity index is 582. The first-order chi connectivity index (χ1) is 9.47. The van der Waals surface area contributed by atoms with Gasteiger partial charge < -0.3 is 4.90 Å². The molecule has 0 bridgehead atoms. The Morgan fingerprint density at radius 1 is 1.30 bits per heavy atom. The van der Waals surface area contributed by atoms with Crippen molar-refractivity contribution >= 4 is 0 Å². The normalized spacial score (nSPS) is 12.9. The summed E-state index contributed by atoms with van der Waals surface area (Å²) in [5.41, 5.74) is 0.240. The molecule has 1 aromatic carbocycles. The summed E-state index contributed by atoms with van der Waals surface area (Å²) in [6.45, 7) is 2.40. The minimum Gasteiger partial charge on any atom is -0.309 e. The van der Waals surface area contributed by atoms with Crippen LogP contribution in [0.5, 0.6) is 0 Å². The highest BCUT2D eigenvalue weighted by Gasteiger charge is 2.21. The second-order valence-electron chi connectivity index (χ2n) is 4.93. The molecule has 0 aliphatic heterocycles. The smallest absolute Gasteiger partial charge is 0.171 e. The van der Waals surface area contributed by atoms with Gasteiger partial charge in [-0.15, -0.1) is 10.2 Å². The van der Waals surface area contributed by atoms with Gasteiger partial charge in [0.05, 0.1) is 0 Å². The van der Waals surface area contributed by atoms with Crippen molar-refractivity contribution in [2.75, 3.05) is 20.6 Å². The van der Waals surface area contributed by atoms with E-state index in [1.807, 2.05) is 19.0 Å². The molecule has 0 N–H and O–H groups in total. The van der Waals surface area contributed by atoms with E-state index in [2.05, 4.69) is 15.4 Å². The van der Waals surface area contributed by atoms with E-state index in [-0.39, 0.29) is 5.56 Å². The Balaban J connectivity index is 2.37. The van der Waals surface area contributed by atoms with Crippen LogP contribution in [0.3, 0.4) is 0 Å². The lowest BCUT2D eigenvalue weighted by molar-refractivity contribution is 0.333. The summed E-state index contributed by atoms with van der Waals surface area (Å²) < 4.78 is 27.4. The van der Waals surface area contributed by atoms with Gasteiger partial charge in [-0.25, -0.2) is 8.78 Å². The van der Waals surface area contributed by atoms with Crippen molar-refractivity contribution in [2.24, 2.45) is 0 Å². The van der Waals surface area contributed by atoms with Crippen molar-refractivity contribution in [3.05, 3.63) is 41.2 Å². The Labute approximate surface area is 116 Å². The highest BCUT2D eigenvalue weighted by atomic mass is 19.1. The molecule has 1 aromatic heterocycles. The molecule has 2 aromatic rings. The van der Waals surface area contributed by atoms with Crippen molar-refractivity contribution in [1.82, 2.24) is 25.1 Å². The van der Waals surface area contributed by atoms with E-state index in [0.29, 0.717) is 18.8 Å². The van der Waals surface area contributed by atoms with Gasteiger partial charge in [0.15, 0.2) is 5.82 Å². The van der Waals surface area contributed by atoms with Gasteiger partial charge in [-0.05, 0) is 57.4 Å². The number of hydrogen-bond donors (Lipinski definition) is 0. The molecule has 0 aliphatic rings. The molecule has 2 rings (SSSR count). The summed E-state index contributed by atoms with van der Waals surface area (Å²) in [5, 5.41) is 11.8. The zero-order valence-electron chi connectivity index (χ0n) is 11.7. The predicted molar refractivity (Wildman–Crippen MR) is 70.2 cm³/mol. The van der Waals surface area contributed by atoms with Crippen molar-refractivity contribution in [1.29, 1.82) is 0 Å². The third-order valence-corrected chi connectivity index (χ3v) is 2.97. The SMILES string of the molecule is Cc1nnn(C(CCN(C)C)c2cc(F)ccc2F)n1. The molecule has 7 heteroatoms. The number of hydrogen-bond acceptors (Lipinski definition) is 4. The second kappa shape index (κ2) is 6.04. The first kappa shape index (κ1) is 14.5. The third kappa shape index (κ3) is 3.36. The van der Waals surface area contributed by atoms with E-state index < -0.39 is 17.7 Å². The van der Waals surface area contributed by atoms with Gasteiger partial charge in [0.25, 0.3) is 0 Å². The van der Waals surface area contributed by atoms with Gasteiger partial charge in [-0.1, -0.05) is 0 Å². The molecule has 1 heterocycles. The molecule has 20 heavy (non-hydrogen) atoms. The Kier molecular flexibility index (Phi) is 4.39. The van der Waals surface area contributed by atoms with Gasteiger partial charge in [0.1, 0.15) is 17.7 Å². The van der Waals surface area contributed by atoms with Gasteiger partial charge in [0.2, 0.25) is 0 Å². The highest BCUT2D eigenvalue weighted by Crippen LogP contribution is 2.24. The topological polar surface area (TPSA) is 46.8 Å². The summed E-state index contributed by atoms with van der Waals surface area (Å²) in [5.74, 6) is -0.449. The fraction of sp³-hybridized carbons (Fsp3) is 0.462. The average molecular weight is 281 g/mol. The number of aryl methyl sites for hydroxylation is 1. The fourth-order valence-corrected chi connectivity index (χ4v) is 1.98. The molecule has 5 nitrogen and oxygen atoms in total. The Morgan fingerprint density at radius 3 is 2.65 bits per heavy atom. The largest absolute Gasteiger partial charge is 0.309 e. The third-order valence-electron chi connectivity index (χ3n) is 2.97. The molecule has 108 valence electrons. The monoisotopic (exact) mass is 281 g/mol. The summed E-state index contributed by atoms with van der Waals surface area (Å²) in [4.78, 5) is 3.31. The zero-order valence-corrected chi connectivity index (χ0v) is 11.7. The molecule has 0 amide bonds. The molecule has 1 unspecified atom stereocenters. The van der Waals surface area contributed by atoms with Crippen LogP contribution in [-0.2, 0) is 0 Å². The van der Waals surface area contributed by atoms with Crippen LogP contribution in [0.25, 0.3) is 0 Å². The minimum atomic E-state index is -0.479. The van der Waals surface area contributed by atoms with Crippen molar-refractivity contribution in [3.63, 3.8) is 0 Å². The molecule has 0 radical (unpaired) electrons. The van der Waals surface area contributed by atoms with Gasteiger partial charge in [-0.3, -0.25) is 0 Å². The highest BCUT2D eigenvalue weighted by molar-refractivity contribution is 5.22. The lowest BCUT2D eigenvalue weighted by atomic mass is 10.0. The number of benzene rings is 1. The maximum Gasteiger partial charge on any atom is 0.171 e. The summed E-state index contributed by atoms with van der Waals surface area (Å²) in [6.07, 6.45) is 0.559. The molecule has 0 saturated carbocycles. The molecule has 0 saturated heterocycles. The Morgan fingerprint density at radius 2 is 2.05 bits per heavy atom. The number of nitrogens with zero attached hydrogens (tertiary/aromatic N) is 5. The number of aromatic nitrogens is 4. The van der Waals surface area contributed by atoms with Gasteiger partial charge in [-0.2, -0.15) is 4.80 Å². The van der Waals surface area contributed by atoms with Crippen molar-refractivity contribution in [3.8, 4) is 0 Å². The first-order valence-corrected chi connectivity index (χ1v) is 6.33. The van der Waals surface area contributed by atoms with E-state index in [4.69, 9.17) is 0 Å². The molecular weight excluding hydrogens is 264 g/mol. The minimum absolute atomic E-state index is 0.240. The average Bonchev–Trinajstić information content (AvgIpc) is 2.80. The molecule has 0 aliphatic carbocycles. The van der Waals surface area contributed by atoms with Crippen LogP contribution in [0.4, 0.5) is 8.78 Å². The predicted octanol–water partition coefficient (Wildman–Crippen LogP) is 1.80. The molecular formula is C13H17F2N5. The van der Waals surface area contributed by atoms with Crippen molar-refractivity contribution in [2.45, 2.75) is 19.4 Å². The standard InChI is InChI=1S/C13H17F2N5/c1-9-16-18-20(17-9)13(6-7-19(2)3)11-8-10(14)4-5-12(11)15/h4-5,8,13H,6-7H2,1-3H3. The van der Waals surface area contributed by atoms with Crippen LogP contribution >= 0.6 is 0 Å². The van der Waals surface area contributed by atoms with E-state index in [1.165, 1.54) is 10.9 Å². The second-order valence-corrected chi connectivity index (χ2v) is 4.93. The fourth-order valence-electron chi connectivity index (χ4n) is 1.98. The van der Waals surface area contributed by atoms with Gasteiger partial charge >= 0.3 is 0 Å². The number of rotatable bonds is 5. The summed E-state index contributed by atoms with van der Waals surface area (Å²) in [7, 11) is 3.83. The van der Waals surface area contributed by atoms with Crippen LogP contribution in [-0.4, -0.2) is 45.7 Å². The van der Waals surface area contributed by atoms with Crippen LogP contribution in [0.1, 0.15) is 23.9 Å².